The molecule has 2 fully saturated rings. The van der Waals surface area contributed by atoms with E-state index in [4.69, 9.17) is 19.2 Å². The molecule has 0 spiro atoms. The largest absolute Gasteiger partial charge is 0.381 e. The highest BCUT2D eigenvalue weighted by Crippen LogP contribution is 2.12. The summed E-state index contributed by atoms with van der Waals surface area (Å²) in [4.78, 5) is 7.24. The van der Waals surface area contributed by atoms with Gasteiger partial charge in [0.2, 0.25) is 0 Å². The van der Waals surface area contributed by atoms with E-state index in [1.165, 1.54) is 0 Å². The van der Waals surface area contributed by atoms with E-state index >= 15 is 0 Å². The number of rotatable bonds is 10. The number of nitrogens with one attached hydrogen (secondary N) is 2. The Morgan fingerprint density at radius 2 is 2.12 bits per heavy atom. The predicted molar refractivity (Wildman–Crippen MR) is 105 cm³/mol. The Kier molecular flexibility index (Phi) is 10.3. The summed E-state index contributed by atoms with van der Waals surface area (Å²) in [7, 11) is 0. The van der Waals surface area contributed by atoms with Crippen molar-refractivity contribution in [3.05, 3.63) is 0 Å². The van der Waals surface area contributed by atoms with Crippen LogP contribution >= 0.6 is 0 Å². The maximum absolute atomic E-state index is 5.75. The second kappa shape index (κ2) is 12.5. The van der Waals surface area contributed by atoms with Crippen molar-refractivity contribution in [2.45, 2.75) is 45.7 Å². The van der Waals surface area contributed by atoms with Gasteiger partial charge in [-0.05, 0) is 33.6 Å². The smallest absolute Gasteiger partial charge is 0.191 e. The van der Waals surface area contributed by atoms with Gasteiger partial charge in [0, 0.05) is 50.8 Å². The summed E-state index contributed by atoms with van der Waals surface area (Å²) in [6, 6.07) is 0.883. The average Bonchev–Trinajstić information content (AvgIpc) is 3.16. The van der Waals surface area contributed by atoms with Gasteiger partial charge in [0.05, 0.1) is 33.0 Å². The molecule has 2 aliphatic rings. The van der Waals surface area contributed by atoms with E-state index in [2.05, 4.69) is 36.3 Å². The molecule has 0 amide bonds. The van der Waals surface area contributed by atoms with Gasteiger partial charge in [0.25, 0.3) is 0 Å². The third kappa shape index (κ3) is 7.78. The molecule has 0 aromatic carbocycles. The molecule has 0 aromatic heterocycles. The number of morpholine rings is 1. The van der Waals surface area contributed by atoms with E-state index < -0.39 is 0 Å². The molecule has 2 N–H and O–H groups in total. The summed E-state index contributed by atoms with van der Waals surface area (Å²) >= 11 is 0. The number of aliphatic imine (C=N–C) groups is 1. The van der Waals surface area contributed by atoms with Crippen molar-refractivity contribution in [3.8, 4) is 0 Å². The number of nitrogens with zero attached hydrogens (tertiary/aromatic N) is 2. The lowest BCUT2D eigenvalue weighted by atomic mass is 10.1. The summed E-state index contributed by atoms with van der Waals surface area (Å²) in [5.41, 5.74) is 0. The Hall–Kier alpha value is -0.890. The molecule has 2 aliphatic heterocycles. The Labute approximate surface area is 158 Å². The van der Waals surface area contributed by atoms with Gasteiger partial charge in [-0.25, -0.2) is 0 Å². The molecule has 3 unspecified atom stereocenters. The van der Waals surface area contributed by atoms with Crippen LogP contribution in [0.15, 0.2) is 4.99 Å². The second-order valence-electron chi connectivity index (χ2n) is 7.32. The number of hydrogen-bond acceptors (Lipinski definition) is 5. The van der Waals surface area contributed by atoms with Crippen LogP contribution in [0.3, 0.4) is 0 Å². The lowest BCUT2D eigenvalue weighted by molar-refractivity contribution is -0.0165. The summed E-state index contributed by atoms with van der Waals surface area (Å²) < 4.78 is 16.6. The van der Waals surface area contributed by atoms with Crippen molar-refractivity contribution in [1.82, 2.24) is 15.5 Å². The maximum Gasteiger partial charge on any atom is 0.191 e. The third-order valence-electron chi connectivity index (χ3n) is 4.98. The monoisotopic (exact) mass is 370 g/mol. The minimum Gasteiger partial charge on any atom is -0.381 e. The highest BCUT2D eigenvalue weighted by Gasteiger charge is 2.23. The Morgan fingerprint density at radius 1 is 1.27 bits per heavy atom. The molecule has 2 heterocycles. The first kappa shape index (κ1) is 21.4. The zero-order valence-corrected chi connectivity index (χ0v) is 16.8. The highest BCUT2D eigenvalue weighted by molar-refractivity contribution is 5.79. The van der Waals surface area contributed by atoms with Crippen LogP contribution in [-0.2, 0) is 14.2 Å². The van der Waals surface area contributed by atoms with Gasteiger partial charge in [-0.3, -0.25) is 9.89 Å². The van der Waals surface area contributed by atoms with E-state index in [-0.39, 0.29) is 0 Å². The third-order valence-corrected chi connectivity index (χ3v) is 4.98. The summed E-state index contributed by atoms with van der Waals surface area (Å²) in [6.45, 7) is 15.1. The molecule has 0 saturated carbocycles. The van der Waals surface area contributed by atoms with Crippen molar-refractivity contribution < 1.29 is 14.2 Å². The predicted octanol–water partition coefficient (Wildman–Crippen LogP) is 1.09. The lowest BCUT2D eigenvalue weighted by Crippen LogP contribution is -2.49. The molecule has 2 rings (SSSR count). The van der Waals surface area contributed by atoms with Crippen LogP contribution in [0.5, 0.6) is 0 Å². The van der Waals surface area contributed by atoms with Gasteiger partial charge in [0.15, 0.2) is 5.96 Å². The van der Waals surface area contributed by atoms with E-state index in [1.54, 1.807) is 0 Å². The first-order chi connectivity index (χ1) is 12.7. The first-order valence-electron chi connectivity index (χ1n) is 10.2. The fourth-order valence-electron chi connectivity index (χ4n) is 3.41. The van der Waals surface area contributed by atoms with Gasteiger partial charge in [-0.1, -0.05) is 0 Å². The summed E-state index contributed by atoms with van der Waals surface area (Å²) in [5, 5.41) is 6.74. The molecule has 7 heteroatoms. The standard InChI is InChI=1S/C19H38N4O3/c1-4-20-19(21-7-5-9-24-14-18-6-10-25-15-18)22-12-16(2)23-8-11-26-13-17(23)3/h16-18H,4-15H2,1-3H3,(H2,20,21,22). The van der Waals surface area contributed by atoms with Crippen LogP contribution in [0.4, 0.5) is 0 Å². The molecule has 2 saturated heterocycles. The average molecular weight is 371 g/mol. The van der Waals surface area contributed by atoms with Crippen LogP contribution in [0.25, 0.3) is 0 Å². The number of guanidine groups is 1. The quantitative estimate of drug-likeness (QED) is 0.341. The first-order valence-corrected chi connectivity index (χ1v) is 10.2. The van der Waals surface area contributed by atoms with Gasteiger partial charge < -0.3 is 24.8 Å². The molecular weight excluding hydrogens is 332 g/mol. The molecule has 26 heavy (non-hydrogen) atoms. The van der Waals surface area contributed by atoms with Crippen LogP contribution in [0, 0.1) is 5.92 Å². The molecule has 152 valence electrons. The van der Waals surface area contributed by atoms with E-state index in [9.17, 15) is 0 Å². The van der Waals surface area contributed by atoms with Gasteiger partial charge in [0.1, 0.15) is 0 Å². The number of hydrogen-bond donors (Lipinski definition) is 2. The van der Waals surface area contributed by atoms with Gasteiger partial charge >= 0.3 is 0 Å². The molecule has 3 atom stereocenters. The summed E-state index contributed by atoms with van der Waals surface area (Å²) in [5.74, 6) is 1.48. The van der Waals surface area contributed by atoms with E-state index in [0.717, 1.165) is 84.6 Å². The Bertz CT molecular complexity index is 402. The summed E-state index contributed by atoms with van der Waals surface area (Å²) in [6.07, 6.45) is 2.11. The second-order valence-corrected chi connectivity index (χ2v) is 7.32. The minimum atomic E-state index is 0.418. The van der Waals surface area contributed by atoms with Gasteiger partial charge in [-0.2, -0.15) is 0 Å². The Balaban J connectivity index is 1.62. The SMILES string of the molecule is CCNC(=NCC(C)N1CCOCC1C)NCCCOCC1CCOC1. The van der Waals surface area contributed by atoms with Crippen molar-refractivity contribution in [2.24, 2.45) is 10.9 Å². The zero-order valence-electron chi connectivity index (χ0n) is 16.8. The van der Waals surface area contributed by atoms with Crippen molar-refractivity contribution in [3.63, 3.8) is 0 Å². The fourth-order valence-corrected chi connectivity index (χ4v) is 3.41. The van der Waals surface area contributed by atoms with Crippen molar-refractivity contribution in [2.75, 3.05) is 65.8 Å². The maximum atomic E-state index is 5.75. The van der Waals surface area contributed by atoms with Crippen LogP contribution < -0.4 is 10.6 Å². The zero-order chi connectivity index (χ0) is 18.6. The van der Waals surface area contributed by atoms with E-state index in [1.807, 2.05) is 0 Å². The molecule has 0 bridgehead atoms. The van der Waals surface area contributed by atoms with Crippen molar-refractivity contribution in [1.29, 1.82) is 0 Å². The normalized spacial score (nSPS) is 26.0. The molecule has 0 aliphatic carbocycles. The van der Waals surface area contributed by atoms with Crippen LogP contribution in [-0.4, -0.2) is 88.8 Å². The molecule has 0 aromatic rings. The topological polar surface area (TPSA) is 67.4 Å². The molecule has 0 radical (unpaired) electrons. The van der Waals surface area contributed by atoms with Crippen LogP contribution in [0.1, 0.15) is 33.6 Å². The molecular formula is C19H38N4O3. The highest BCUT2D eigenvalue weighted by atomic mass is 16.5. The molecule has 7 nitrogen and oxygen atoms in total. The van der Waals surface area contributed by atoms with E-state index in [0.29, 0.717) is 18.0 Å². The van der Waals surface area contributed by atoms with Crippen LogP contribution in [0.2, 0.25) is 0 Å². The minimum absolute atomic E-state index is 0.418. The van der Waals surface area contributed by atoms with Gasteiger partial charge in [-0.15, -0.1) is 0 Å². The van der Waals surface area contributed by atoms with Crippen molar-refractivity contribution >= 4 is 5.96 Å². The fraction of sp³-hybridized carbons (Fsp3) is 0.947. The Morgan fingerprint density at radius 3 is 2.85 bits per heavy atom. The number of ether oxygens (including phenoxy) is 3. The lowest BCUT2D eigenvalue weighted by Gasteiger charge is -2.37.